The van der Waals surface area contributed by atoms with Crippen LogP contribution in [0.3, 0.4) is 0 Å². The first kappa shape index (κ1) is 16.6. The monoisotopic (exact) mass is 293 g/mol. The molecule has 0 bridgehead atoms. The summed E-state index contributed by atoms with van der Waals surface area (Å²) < 4.78 is 0. The Morgan fingerprint density at radius 3 is 2.38 bits per heavy atom. The van der Waals surface area contributed by atoms with E-state index in [0.29, 0.717) is 17.8 Å². The van der Waals surface area contributed by atoms with E-state index in [9.17, 15) is 14.4 Å². The van der Waals surface area contributed by atoms with Crippen LogP contribution in [0.5, 0.6) is 0 Å². The second-order valence-electron chi connectivity index (χ2n) is 4.46. The first-order valence-corrected chi connectivity index (χ1v) is 6.60. The Morgan fingerprint density at radius 2 is 1.86 bits per heavy atom. The molecular weight excluding hydrogens is 274 g/mol. The summed E-state index contributed by atoms with van der Waals surface area (Å²) >= 11 is 0. The zero-order valence-electron chi connectivity index (χ0n) is 11.8. The fourth-order valence-electron chi connectivity index (χ4n) is 1.61. The van der Waals surface area contributed by atoms with Gasteiger partial charge in [-0.05, 0) is 37.6 Å². The van der Waals surface area contributed by atoms with Crippen molar-refractivity contribution in [2.45, 2.75) is 25.8 Å². The maximum Gasteiger partial charge on any atom is 0.303 e. The third kappa shape index (κ3) is 5.62. The van der Waals surface area contributed by atoms with Crippen molar-refractivity contribution in [2.24, 2.45) is 5.73 Å². The predicted octanol–water partition coefficient (Wildman–Crippen LogP) is 0.567. The SMILES string of the molecule is CCNC(=O)c1ccc(NC(=O)C(N)CCC(=O)O)cc1. The van der Waals surface area contributed by atoms with Crippen LogP contribution >= 0.6 is 0 Å². The topological polar surface area (TPSA) is 122 Å². The Hall–Kier alpha value is -2.41. The molecule has 7 heteroatoms. The lowest BCUT2D eigenvalue weighted by Crippen LogP contribution is -2.36. The van der Waals surface area contributed by atoms with Gasteiger partial charge in [0.2, 0.25) is 5.91 Å². The average Bonchev–Trinajstić information content (AvgIpc) is 2.45. The average molecular weight is 293 g/mol. The Morgan fingerprint density at radius 1 is 1.24 bits per heavy atom. The molecule has 0 aliphatic rings. The third-order valence-corrected chi connectivity index (χ3v) is 2.76. The van der Waals surface area contributed by atoms with Crippen molar-refractivity contribution in [3.8, 4) is 0 Å². The number of nitrogens with two attached hydrogens (primary N) is 1. The van der Waals surface area contributed by atoms with Crippen molar-refractivity contribution in [3.63, 3.8) is 0 Å². The Bertz CT molecular complexity index is 513. The highest BCUT2D eigenvalue weighted by atomic mass is 16.4. The van der Waals surface area contributed by atoms with Gasteiger partial charge in [0.1, 0.15) is 0 Å². The molecule has 21 heavy (non-hydrogen) atoms. The highest BCUT2D eigenvalue weighted by Gasteiger charge is 2.15. The molecule has 0 saturated heterocycles. The minimum Gasteiger partial charge on any atom is -0.481 e. The second kappa shape index (κ2) is 8.01. The maximum absolute atomic E-state index is 11.7. The Labute approximate surface area is 122 Å². The molecule has 1 atom stereocenters. The summed E-state index contributed by atoms with van der Waals surface area (Å²) in [7, 11) is 0. The van der Waals surface area contributed by atoms with Crippen LogP contribution < -0.4 is 16.4 Å². The lowest BCUT2D eigenvalue weighted by atomic mass is 10.1. The molecule has 1 aromatic rings. The molecule has 0 aliphatic carbocycles. The van der Waals surface area contributed by atoms with Crippen LogP contribution in [0.25, 0.3) is 0 Å². The van der Waals surface area contributed by atoms with E-state index < -0.39 is 17.9 Å². The van der Waals surface area contributed by atoms with Gasteiger partial charge in [-0.2, -0.15) is 0 Å². The summed E-state index contributed by atoms with van der Waals surface area (Å²) in [5, 5.41) is 13.8. The number of amides is 2. The van der Waals surface area contributed by atoms with E-state index in [2.05, 4.69) is 10.6 Å². The van der Waals surface area contributed by atoms with Crippen molar-refractivity contribution in [2.75, 3.05) is 11.9 Å². The maximum atomic E-state index is 11.7. The fraction of sp³-hybridized carbons (Fsp3) is 0.357. The van der Waals surface area contributed by atoms with Gasteiger partial charge in [-0.3, -0.25) is 14.4 Å². The number of carbonyl (C=O) groups excluding carboxylic acids is 2. The van der Waals surface area contributed by atoms with Gasteiger partial charge in [0.05, 0.1) is 6.04 Å². The van der Waals surface area contributed by atoms with E-state index in [4.69, 9.17) is 10.8 Å². The molecule has 2 amide bonds. The van der Waals surface area contributed by atoms with Crippen LogP contribution in [0.4, 0.5) is 5.69 Å². The lowest BCUT2D eigenvalue weighted by molar-refractivity contribution is -0.137. The largest absolute Gasteiger partial charge is 0.481 e. The summed E-state index contributed by atoms with van der Waals surface area (Å²) in [6.07, 6.45) is -0.0944. The minimum atomic E-state index is -0.996. The van der Waals surface area contributed by atoms with Crippen LogP contribution in [-0.4, -0.2) is 35.5 Å². The van der Waals surface area contributed by atoms with Crippen molar-refractivity contribution < 1.29 is 19.5 Å². The predicted molar refractivity (Wildman–Crippen MR) is 77.9 cm³/mol. The molecule has 0 saturated carbocycles. The van der Waals surface area contributed by atoms with Crippen molar-refractivity contribution in [1.82, 2.24) is 5.32 Å². The van der Waals surface area contributed by atoms with Gasteiger partial charge in [-0.25, -0.2) is 0 Å². The van der Waals surface area contributed by atoms with Crippen LogP contribution in [0.2, 0.25) is 0 Å². The van der Waals surface area contributed by atoms with Gasteiger partial charge in [0.15, 0.2) is 0 Å². The Kier molecular flexibility index (Phi) is 6.35. The summed E-state index contributed by atoms with van der Waals surface area (Å²) in [4.78, 5) is 33.7. The molecule has 1 aromatic carbocycles. The molecule has 0 aromatic heterocycles. The van der Waals surface area contributed by atoms with Gasteiger partial charge < -0.3 is 21.5 Å². The third-order valence-electron chi connectivity index (χ3n) is 2.76. The van der Waals surface area contributed by atoms with E-state index in [1.807, 2.05) is 6.92 Å². The number of carboxylic acids is 1. The molecule has 5 N–H and O–H groups in total. The number of aliphatic carboxylic acids is 1. The summed E-state index contributed by atoms with van der Waals surface area (Å²) in [6.45, 7) is 2.36. The van der Waals surface area contributed by atoms with E-state index in [1.54, 1.807) is 24.3 Å². The summed E-state index contributed by atoms with van der Waals surface area (Å²) in [5.41, 5.74) is 6.58. The molecule has 0 spiro atoms. The van der Waals surface area contributed by atoms with Crippen molar-refractivity contribution in [3.05, 3.63) is 29.8 Å². The molecule has 0 radical (unpaired) electrons. The number of hydrogen-bond donors (Lipinski definition) is 4. The first-order chi connectivity index (χ1) is 9.93. The molecule has 7 nitrogen and oxygen atoms in total. The molecule has 0 heterocycles. The summed E-state index contributed by atoms with van der Waals surface area (Å²) in [6, 6.07) is 5.47. The smallest absolute Gasteiger partial charge is 0.303 e. The zero-order chi connectivity index (χ0) is 15.8. The minimum absolute atomic E-state index is 0.0676. The first-order valence-electron chi connectivity index (χ1n) is 6.60. The zero-order valence-corrected chi connectivity index (χ0v) is 11.8. The number of rotatable bonds is 7. The van der Waals surface area contributed by atoms with Gasteiger partial charge in [0.25, 0.3) is 5.91 Å². The molecule has 1 unspecified atom stereocenters. The highest BCUT2D eigenvalue weighted by molar-refractivity contribution is 5.97. The number of anilines is 1. The van der Waals surface area contributed by atoms with E-state index in [1.165, 1.54) is 0 Å². The normalized spacial score (nSPS) is 11.5. The van der Waals surface area contributed by atoms with E-state index >= 15 is 0 Å². The molecular formula is C14H19N3O4. The molecule has 114 valence electrons. The van der Waals surface area contributed by atoms with Crippen molar-refractivity contribution >= 4 is 23.5 Å². The Balaban J connectivity index is 2.57. The number of nitrogens with one attached hydrogen (secondary N) is 2. The van der Waals surface area contributed by atoms with Gasteiger partial charge in [-0.15, -0.1) is 0 Å². The van der Waals surface area contributed by atoms with Crippen LogP contribution in [0.1, 0.15) is 30.1 Å². The highest BCUT2D eigenvalue weighted by Crippen LogP contribution is 2.10. The lowest BCUT2D eigenvalue weighted by Gasteiger charge is -2.11. The van der Waals surface area contributed by atoms with E-state index in [0.717, 1.165) is 0 Å². The van der Waals surface area contributed by atoms with Crippen LogP contribution in [0.15, 0.2) is 24.3 Å². The number of carbonyl (C=O) groups is 3. The number of hydrogen-bond acceptors (Lipinski definition) is 4. The fourth-order valence-corrected chi connectivity index (χ4v) is 1.61. The van der Waals surface area contributed by atoms with Gasteiger partial charge in [-0.1, -0.05) is 0 Å². The molecule has 1 rings (SSSR count). The van der Waals surface area contributed by atoms with Gasteiger partial charge >= 0.3 is 5.97 Å². The second-order valence-corrected chi connectivity index (χ2v) is 4.46. The number of carboxylic acid groups (broad SMARTS) is 1. The standard InChI is InChI=1S/C14H19N3O4/c1-2-16-13(20)9-3-5-10(6-4-9)17-14(21)11(15)7-8-12(18)19/h3-6,11H,2,7-8,15H2,1H3,(H,16,20)(H,17,21)(H,18,19). The van der Waals surface area contributed by atoms with Crippen LogP contribution in [-0.2, 0) is 9.59 Å². The van der Waals surface area contributed by atoms with Crippen LogP contribution in [0, 0.1) is 0 Å². The molecule has 0 fully saturated rings. The van der Waals surface area contributed by atoms with Crippen molar-refractivity contribution in [1.29, 1.82) is 0 Å². The van der Waals surface area contributed by atoms with Gasteiger partial charge in [0, 0.05) is 24.2 Å². The summed E-state index contributed by atoms with van der Waals surface area (Å²) in [5.74, 6) is -1.64. The molecule has 0 aliphatic heterocycles. The van der Waals surface area contributed by atoms with E-state index in [-0.39, 0.29) is 18.7 Å². The number of benzene rings is 1. The quantitative estimate of drug-likeness (QED) is 0.585.